The Labute approximate surface area is 434 Å². The van der Waals surface area contributed by atoms with Gasteiger partial charge in [0.15, 0.2) is 0 Å². The van der Waals surface area contributed by atoms with E-state index in [1.54, 1.807) is 11.1 Å². The van der Waals surface area contributed by atoms with E-state index in [0.29, 0.717) is 47.0 Å². The van der Waals surface area contributed by atoms with Crippen LogP contribution >= 0.6 is 7.82 Å². The smallest absolute Gasteiger partial charge is 0.394 e. The van der Waals surface area contributed by atoms with E-state index in [0.717, 1.165) is 36.8 Å². The average Bonchev–Trinajstić information content (AvgIpc) is 4.02. The molecule has 9 aliphatic rings. The standard InChI is InChI=1S/C67H87O4P/c1-43-37-59(61-55(47-25-13-5-14-26-47)39-51(45-21-9-3-10-22-45)40-56(61)48-27-15-6-16-28-48)65-63-53(43)33-35-67(63)36-34-54-44(2)38-60(66(64(54)67)71-72(68,69)70-65)62-57(49-29-17-7-18-30-49)41-52(46-23-11-4-12-24-46)42-58(62)50-31-19-8-20-32-50/h37-42,45-50H,3-36H2,1-2H3,(H,68,69). The van der Waals surface area contributed by atoms with Crippen molar-refractivity contribution in [3.8, 4) is 33.8 Å². The van der Waals surface area contributed by atoms with Gasteiger partial charge in [0.1, 0.15) is 11.5 Å². The van der Waals surface area contributed by atoms with Crippen LogP contribution in [0.3, 0.4) is 0 Å². The highest BCUT2D eigenvalue weighted by atomic mass is 31.2. The van der Waals surface area contributed by atoms with Crippen LogP contribution in [-0.2, 0) is 22.8 Å². The van der Waals surface area contributed by atoms with Crippen molar-refractivity contribution in [2.24, 2.45) is 0 Å². The Morgan fingerprint density at radius 3 is 0.986 bits per heavy atom. The van der Waals surface area contributed by atoms with Crippen molar-refractivity contribution in [3.63, 3.8) is 0 Å². The molecular weight excluding hydrogens is 900 g/mol. The van der Waals surface area contributed by atoms with Crippen LogP contribution in [0.1, 0.15) is 308 Å². The lowest BCUT2D eigenvalue weighted by molar-refractivity contribution is 0.281. The molecule has 1 spiro atoms. The van der Waals surface area contributed by atoms with Crippen molar-refractivity contribution in [2.75, 3.05) is 0 Å². The minimum absolute atomic E-state index is 0.354. The van der Waals surface area contributed by atoms with Gasteiger partial charge in [0.25, 0.3) is 0 Å². The molecule has 1 heterocycles. The number of hydrogen-bond acceptors (Lipinski definition) is 3. The topological polar surface area (TPSA) is 55.8 Å². The molecule has 6 saturated carbocycles. The minimum atomic E-state index is -4.74. The van der Waals surface area contributed by atoms with Crippen LogP contribution in [0, 0.1) is 13.8 Å². The number of benzene rings is 4. The van der Waals surface area contributed by atoms with E-state index in [2.05, 4.69) is 50.2 Å². The van der Waals surface area contributed by atoms with E-state index in [1.807, 2.05) is 0 Å². The second kappa shape index (κ2) is 20.0. The maximum atomic E-state index is 15.7. The average molecular weight is 987 g/mol. The Morgan fingerprint density at radius 1 is 0.417 bits per heavy atom. The number of aryl methyl sites for hydroxylation is 2. The first-order valence-corrected chi connectivity index (χ1v) is 32.2. The zero-order valence-corrected chi connectivity index (χ0v) is 45.5. The zero-order chi connectivity index (χ0) is 48.6. The second-order valence-electron chi connectivity index (χ2n) is 25.7. The van der Waals surface area contributed by atoms with Gasteiger partial charge in [-0.15, -0.1) is 0 Å². The molecule has 0 atom stereocenters. The van der Waals surface area contributed by atoms with Gasteiger partial charge in [-0.05, 0) is 231 Å². The third kappa shape index (κ3) is 8.62. The first kappa shape index (κ1) is 48.3. The molecular formula is C67H87O4P. The lowest BCUT2D eigenvalue weighted by atomic mass is 9.69. The maximum Gasteiger partial charge on any atom is 0.584 e. The van der Waals surface area contributed by atoms with E-state index in [1.165, 1.54) is 259 Å². The Morgan fingerprint density at radius 2 is 0.694 bits per heavy atom. The van der Waals surface area contributed by atoms with Gasteiger partial charge in [0.2, 0.25) is 0 Å². The minimum Gasteiger partial charge on any atom is -0.394 e. The Hall–Kier alpha value is -3.33. The maximum absolute atomic E-state index is 15.7. The molecule has 72 heavy (non-hydrogen) atoms. The molecule has 4 aromatic rings. The van der Waals surface area contributed by atoms with E-state index in [-0.39, 0.29) is 5.41 Å². The van der Waals surface area contributed by atoms with Gasteiger partial charge in [-0.1, -0.05) is 140 Å². The third-order valence-electron chi connectivity index (χ3n) is 21.5. The predicted molar refractivity (Wildman–Crippen MR) is 297 cm³/mol. The molecule has 0 radical (unpaired) electrons. The van der Waals surface area contributed by atoms with Gasteiger partial charge in [0, 0.05) is 27.7 Å². The van der Waals surface area contributed by atoms with Crippen LogP contribution in [0.4, 0.5) is 0 Å². The first-order valence-electron chi connectivity index (χ1n) is 30.7. The van der Waals surface area contributed by atoms with Crippen LogP contribution in [0.25, 0.3) is 22.3 Å². The zero-order valence-electron chi connectivity index (χ0n) is 44.6. The van der Waals surface area contributed by atoms with Gasteiger partial charge < -0.3 is 9.05 Å². The van der Waals surface area contributed by atoms with Crippen molar-refractivity contribution >= 4 is 7.82 Å². The third-order valence-corrected chi connectivity index (χ3v) is 22.3. The molecule has 5 heteroatoms. The second-order valence-corrected chi connectivity index (χ2v) is 27.0. The molecule has 0 aromatic heterocycles. The van der Waals surface area contributed by atoms with Gasteiger partial charge in [-0.2, -0.15) is 0 Å². The highest BCUT2D eigenvalue weighted by Crippen LogP contribution is 2.68. The highest BCUT2D eigenvalue weighted by Gasteiger charge is 2.54. The fourth-order valence-electron chi connectivity index (χ4n) is 17.9. The number of hydrogen-bond donors (Lipinski definition) is 1. The Kier molecular flexibility index (Phi) is 13.4. The van der Waals surface area contributed by atoms with Crippen molar-refractivity contribution in [2.45, 2.75) is 273 Å². The van der Waals surface area contributed by atoms with E-state index in [4.69, 9.17) is 9.05 Å². The summed E-state index contributed by atoms with van der Waals surface area (Å²) >= 11 is 0. The largest absolute Gasteiger partial charge is 0.584 e. The lowest BCUT2D eigenvalue weighted by Crippen LogP contribution is -2.26. The molecule has 4 nitrogen and oxygen atoms in total. The van der Waals surface area contributed by atoms with E-state index >= 15 is 4.57 Å². The number of phosphoric acid groups is 1. The summed E-state index contributed by atoms with van der Waals surface area (Å²) in [5, 5.41) is 0. The van der Waals surface area contributed by atoms with Crippen LogP contribution < -0.4 is 9.05 Å². The fraction of sp³-hybridized carbons (Fsp3) is 0.642. The molecule has 0 unspecified atom stereocenters. The molecule has 384 valence electrons. The molecule has 1 aliphatic heterocycles. The monoisotopic (exact) mass is 987 g/mol. The van der Waals surface area contributed by atoms with E-state index in [9.17, 15) is 4.89 Å². The summed E-state index contributed by atoms with van der Waals surface area (Å²) in [4.78, 5) is 12.9. The van der Waals surface area contributed by atoms with Crippen molar-refractivity contribution in [3.05, 3.63) is 103 Å². The van der Waals surface area contributed by atoms with Crippen molar-refractivity contribution in [1.29, 1.82) is 0 Å². The summed E-state index contributed by atoms with van der Waals surface area (Å²) < 4.78 is 29.9. The molecule has 0 bridgehead atoms. The summed E-state index contributed by atoms with van der Waals surface area (Å²) in [6, 6.07) is 15.6. The fourth-order valence-corrected chi connectivity index (χ4v) is 18.8. The SMILES string of the molecule is Cc1cc(-c2c(C3CCCCC3)cc(C3CCCCC3)cc2C2CCCCC2)c2c3c1CCC31CCc3c(C)cc(-c4c(C5CCCCC5)cc(C5CCCCC5)cc4C4CCCCC4)c(c31)OP(=O)(O)O2. The highest BCUT2D eigenvalue weighted by molar-refractivity contribution is 7.48. The van der Waals surface area contributed by atoms with Crippen LogP contribution in [-0.4, -0.2) is 4.89 Å². The Balaban J connectivity index is 1.06. The molecule has 1 N–H and O–H groups in total. The van der Waals surface area contributed by atoms with Crippen LogP contribution in [0.5, 0.6) is 11.5 Å². The number of phosphoric ester groups is 1. The van der Waals surface area contributed by atoms with Crippen LogP contribution in [0.15, 0.2) is 36.4 Å². The number of rotatable bonds is 8. The van der Waals surface area contributed by atoms with Crippen molar-refractivity contribution < 1.29 is 18.5 Å². The summed E-state index contributed by atoms with van der Waals surface area (Å²) in [7, 11) is -4.74. The quantitative estimate of drug-likeness (QED) is 0.179. The molecule has 0 amide bonds. The molecule has 13 rings (SSSR count). The predicted octanol–water partition coefficient (Wildman–Crippen LogP) is 20.0. The van der Waals surface area contributed by atoms with Crippen LogP contribution in [0.2, 0.25) is 0 Å². The summed E-state index contributed by atoms with van der Waals surface area (Å²) in [6.45, 7) is 4.73. The molecule has 4 aromatic carbocycles. The van der Waals surface area contributed by atoms with Crippen molar-refractivity contribution in [1.82, 2.24) is 0 Å². The molecule has 0 saturated heterocycles. The summed E-state index contributed by atoms with van der Waals surface area (Å²) in [6.07, 6.45) is 42.5. The lowest BCUT2D eigenvalue weighted by Gasteiger charge is -2.38. The summed E-state index contributed by atoms with van der Waals surface area (Å²) in [5.41, 5.74) is 21.7. The van der Waals surface area contributed by atoms with Gasteiger partial charge in [0.05, 0.1) is 0 Å². The van der Waals surface area contributed by atoms with Gasteiger partial charge >= 0.3 is 7.82 Å². The van der Waals surface area contributed by atoms with E-state index < -0.39 is 7.82 Å². The summed E-state index contributed by atoms with van der Waals surface area (Å²) in [5.74, 6) is 4.58. The van der Waals surface area contributed by atoms with Gasteiger partial charge in [-0.25, -0.2) is 4.57 Å². The Bertz CT molecular complexity index is 2460. The molecule has 8 aliphatic carbocycles. The molecule has 6 fully saturated rings. The normalized spacial score (nSPS) is 24.3. The van der Waals surface area contributed by atoms with Gasteiger partial charge in [-0.3, -0.25) is 4.89 Å². The first-order chi connectivity index (χ1) is 35.2.